The minimum absolute atomic E-state index is 0.0237. The fraction of sp³-hybridized carbons (Fsp3) is 1.00. The van der Waals surface area contributed by atoms with Crippen LogP contribution in [0, 0.1) is 0 Å². The van der Waals surface area contributed by atoms with E-state index in [2.05, 4.69) is 6.92 Å². The lowest BCUT2D eigenvalue weighted by Crippen LogP contribution is -1.98. The summed E-state index contributed by atoms with van der Waals surface area (Å²) in [4.78, 5) is 17.1. The highest BCUT2D eigenvalue weighted by Gasteiger charge is 2.10. The van der Waals surface area contributed by atoms with Gasteiger partial charge in [-0.25, -0.2) is 0 Å². The number of rotatable bonds is 8. The van der Waals surface area contributed by atoms with Crippen molar-refractivity contribution >= 4 is 7.60 Å². The van der Waals surface area contributed by atoms with E-state index in [4.69, 9.17) is 14.5 Å². The summed E-state index contributed by atoms with van der Waals surface area (Å²) < 4.78 is 15.7. The predicted molar refractivity (Wildman–Crippen MR) is 51.9 cm³/mol. The quantitative estimate of drug-likeness (QED) is 0.473. The predicted octanol–water partition coefficient (Wildman–Crippen LogP) is 1.76. The average Bonchev–Trinajstić information content (AvgIpc) is 2.01. The Labute approximate surface area is 79.5 Å². The van der Waals surface area contributed by atoms with Crippen LogP contribution in [0.3, 0.4) is 0 Å². The van der Waals surface area contributed by atoms with Crippen LogP contribution in [0.2, 0.25) is 0 Å². The Hall–Kier alpha value is 0.110. The smallest absolute Gasteiger partial charge is 0.325 e. The molecule has 0 rings (SSSR count). The van der Waals surface area contributed by atoms with Crippen LogP contribution in [0.5, 0.6) is 0 Å². The number of ether oxygens (including phenoxy) is 1. The van der Waals surface area contributed by atoms with Crippen molar-refractivity contribution in [3.63, 3.8) is 0 Å². The third-order valence-electron chi connectivity index (χ3n) is 1.63. The van der Waals surface area contributed by atoms with Gasteiger partial charge in [-0.15, -0.1) is 0 Å². The summed E-state index contributed by atoms with van der Waals surface area (Å²) in [6, 6.07) is 0. The SMILES string of the molecule is CCCCOCCCCP(=O)(O)O. The molecule has 2 N–H and O–H groups in total. The third-order valence-corrected chi connectivity index (χ3v) is 2.53. The van der Waals surface area contributed by atoms with E-state index in [0.717, 1.165) is 25.9 Å². The summed E-state index contributed by atoms with van der Waals surface area (Å²) in [6.07, 6.45) is 3.41. The molecule has 0 bridgehead atoms. The van der Waals surface area contributed by atoms with Crippen molar-refractivity contribution in [2.45, 2.75) is 32.6 Å². The van der Waals surface area contributed by atoms with Gasteiger partial charge < -0.3 is 14.5 Å². The van der Waals surface area contributed by atoms with E-state index in [-0.39, 0.29) is 6.16 Å². The van der Waals surface area contributed by atoms with Crippen LogP contribution in [-0.4, -0.2) is 29.2 Å². The molecule has 0 atom stereocenters. The lowest BCUT2D eigenvalue weighted by Gasteiger charge is -2.04. The van der Waals surface area contributed by atoms with Gasteiger partial charge in [-0.3, -0.25) is 4.57 Å². The molecular formula is C8H19O4P. The number of hydrogen-bond donors (Lipinski definition) is 2. The van der Waals surface area contributed by atoms with Crippen LogP contribution in [-0.2, 0) is 9.30 Å². The van der Waals surface area contributed by atoms with Gasteiger partial charge in [0.2, 0.25) is 0 Å². The summed E-state index contributed by atoms with van der Waals surface area (Å²) in [5, 5.41) is 0. The normalized spacial score (nSPS) is 11.9. The molecular weight excluding hydrogens is 191 g/mol. The summed E-state index contributed by atoms with van der Waals surface area (Å²) >= 11 is 0. The van der Waals surface area contributed by atoms with E-state index in [1.54, 1.807) is 0 Å². The highest BCUT2D eigenvalue weighted by atomic mass is 31.2. The van der Waals surface area contributed by atoms with Crippen LogP contribution in [0.15, 0.2) is 0 Å². The molecule has 80 valence electrons. The van der Waals surface area contributed by atoms with Gasteiger partial charge in [-0.1, -0.05) is 13.3 Å². The maximum atomic E-state index is 10.4. The summed E-state index contributed by atoms with van der Waals surface area (Å²) in [5.74, 6) is 0. The fourth-order valence-corrected chi connectivity index (χ4v) is 1.51. The Morgan fingerprint density at radius 1 is 1.15 bits per heavy atom. The monoisotopic (exact) mass is 210 g/mol. The van der Waals surface area contributed by atoms with Crippen molar-refractivity contribution in [2.75, 3.05) is 19.4 Å². The molecule has 0 aromatic rings. The molecule has 0 spiro atoms. The molecule has 5 heteroatoms. The minimum Gasteiger partial charge on any atom is -0.381 e. The second kappa shape index (κ2) is 7.51. The van der Waals surface area contributed by atoms with Gasteiger partial charge in [0.25, 0.3) is 0 Å². The van der Waals surface area contributed by atoms with Gasteiger partial charge >= 0.3 is 7.60 Å². The molecule has 0 aliphatic carbocycles. The Morgan fingerprint density at radius 2 is 1.77 bits per heavy atom. The standard InChI is InChI=1S/C8H19O4P/c1-2-3-6-12-7-4-5-8-13(9,10)11/h2-8H2,1H3,(H2,9,10,11). The molecule has 0 aliphatic heterocycles. The molecule has 0 saturated carbocycles. The van der Waals surface area contributed by atoms with Crippen molar-refractivity contribution in [1.29, 1.82) is 0 Å². The minimum atomic E-state index is -3.78. The Balaban J connectivity index is 3.04. The highest BCUT2D eigenvalue weighted by Crippen LogP contribution is 2.35. The zero-order chi connectivity index (χ0) is 10.2. The van der Waals surface area contributed by atoms with Crippen molar-refractivity contribution in [1.82, 2.24) is 0 Å². The molecule has 4 nitrogen and oxygen atoms in total. The lowest BCUT2D eigenvalue weighted by atomic mass is 10.3. The molecule has 0 heterocycles. The summed E-state index contributed by atoms with van der Waals surface area (Å²) in [7, 11) is -3.78. The average molecular weight is 210 g/mol. The lowest BCUT2D eigenvalue weighted by molar-refractivity contribution is 0.128. The van der Waals surface area contributed by atoms with Crippen LogP contribution >= 0.6 is 7.60 Å². The maximum Gasteiger partial charge on any atom is 0.325 e. The molecule has 0 unspecified atom stereocenters. The summed E-state index contributed by atoms with van der Waals surface area (Å²) in [5.41, 5.74) is 0. The molecule has 0 aliphatic rings. The molecule has 0 aromatic carbocycles. The van der Waals surface area contributed by atoms with Crippen LogP contribution in [0.1, 0.15) is 32.6 Å². The van der Waals surface area contributed by atoms with E-state index in [9.17, 15) is 4.57 Å². The van der Waals surface area contributed by atoms with Crippen molar-refractivity contribution in [3.05, 3.63) is 0 Å². The third kappa shape index (κ3) is 12.1. The zero-order valence-corrected chi connectivity index (χ0v) is 9.00. The molecule has 13 heavy (non-hydrogen) atoms. The van der Waals surface area contributed by atoms with E-state index >= 15 is 0 Å². The van der Waals surface area contributed by atoms with Gasteiger partial charge in [-0.2, -0.15) is 0 Å². The van der Waals surface area contributed by atoms with E-state index in [1.807, 2.05) is 0 Å². The summed E-state index contributed by atoms with van der Waals surface area (Å²) in [6.45, 7) is 3.46. The van der Waals surface area contributed by atoms with Crippen molar-refractivity contribution < 1.29 is 19.1 Å². The Bertz CT molecular complexity index is 154. The highest BCUT2D eigenvalue weighted by molar-refractivity contribution is 7.51. The number of hydrogen-bond acceptors (Lipinski definition) is 2. The molecule has 0 fully saturated rings. The zero-order valence-electron chi connectivity index (χ0n) is 8.11. The second-order valence-corrected chi connectivity index (χ2v) is 4.84. The van der Waals surface area contributed by atoms with Gasteiger partial charge in [0, 0.05) is 19.4 Å². The maximum absolute atomic E-state index is 10.4. The van der Waals surface area contributed by atoms with E-state index in [0.29, 0.717) is 13.0 Å². The molecule has 0 radical (unpaired) electrons. The van der Waals surface area contributed by atoms with E-state index in [1.165, 1.54) is 0 Å². The van der Waals surface area contributed by atoms with Crippen molar-refractivity contribution in [3.8, 4) is 0 Å². The Morgan fingerprint density at radius 3 is 2.31 bits per heavy atom. The number of unbranched alkanes of at least 4 members (excludes halogenated alkanes) is 2. The van der Waals surface area contributed by atoms with Gasteiger partial charge in [0.05, 0.1) is 0 Å². The fourth-order valence-electron chi connectivity index (χ4n) is 0.870. The van der Waals surface area contributed by atoms with Crippen LogP contribution in [0.25, 0.3) is 0 Å². The van der Waals surface area contributed by atoms with Crippen molar-refractivity contribution in [2.24, 2.45) is 0 Å². The van der Waals surface area contributed by atoms with E-state index < -0.39 is 7.60 Å². The first-order valence-corrected chi connectivity index (χ1v) is 6.48. The van der Waals surface area contributed by atoms with Crippen LogP contribution < -0.4 is 0 Å². The molecule has 0 aromatic heterocycles. The molecule has 0 amide bonds. The first-order chi connectivity index (χ1) is 6.06. The second-order valence-electron chi connectivity index (χ2n) is 3.06. The Kier molecular flexibility index (Phi) is 7.57. The first kappa shape index (κ1) is 13.1. The first-order valence-electron chi connectivity index (χ1n) is 4.68. The van der Waals surface area contributed by atoms with Crippen LogP contribution in [0.4, 0.5) is 0 Å². The van der Waals surface area contributed by atoms with Gasteiger partial charge in [0.15, 0.2) is 0 Å². The topological polar surface area (TPSA) is 66.8 Å². The van der Waals surface area contributed by atoms with Gasteiger partial charge in [-0.05, 0) is 19.3 Å². The molecule has 0 saturated heterocycles. The largest absolute Gasteiger partial charge is 0.381 e. The van der Waals surface area contributed by atoms with Gasteiger partial charge in [0.1, 0.15) is 0 Å².